The molecule has 16 heavy (non-hydrogen) atoms. The van der Waals surface area contributed by atoms with Crippen molar-refractivity contribution >= 4 is 23.7 Å². The Kier molecular flexibility index (Phi) is 10.3. The van der Waals surface area contributed by atoms with Gasteiger partial charge in [0.1, 0.15) is 5.94 Å². The molecule has 0 saturated heterocycles. The zero-order valence-corrected chi connectivity index (χ0v) is 10.1. The van der Waals surface area contributed by atoms with Crippen LogP contribution in [0.25, 0.3) is 0 Å². The smallest absolute Gasteiger partial charge is 0.306 e. The number of carboxylic acids is 1. The third kappa shape index (κ3) is 11.3. The molecule has 0 aromatic rings. The van der Waals surface area contributed by atoms with Crippen LogP contribution in [-0.2, 0) is 14.3 Å². The Bertz CT molecular complexity index is 211. The first-order chi connectivity index (χ1) is 7.66. The molecule has 0 radical (unpaired) electrons. The monoisotopic (exact) mass is 249 g/mol. The molecule has 0 saturated carbocycles. The Balaban J connectivity index is 3.18. The fourth-order valence-corrected chi connectivity index (χ4v) is 1.66. The van der Waals surface area contributed by atoms with Crippen molar-refractivity contribution in [2.45, 2.75) is 32.1 Å². The van der Waals surface area contributed by atoms with Crippen molar-refractivity contribution in [3.05, 3.63) is 0 Å². The van der Waals surface area contributed by atoms with E-state index in [9.17, 15) is 9.59 Å². The Labute approximate surface area is 99.7 Å². The first-order valence-corrected chi connectivity index (χ1v) is 6.47. The van der Waals surface area contributed by atoms with E-state index in [2.05, 4.69) is 0 Å². The highest BCUT2D eigenvalue weighted by Crippen LogP contribution is 2.06. The topological polar surface area (TPSA) is 89.6 Å². The lowest BCUT2D eigenvalue weighted by molar-refractivity contribution is -0.141. The van der Waals surface area contributed by atoms with E-state index >= 15 is 0 Å². The van der Waals surface area contributed by atoms with Crippen LogP contribution in [0.1, 0.15) is 32.1 Å². The van der Waals surface area contributed by atoms with Crippen molar-refractivity contribution in [2.24, 2.45) is 5.73 Å². The minimum atomic E-state index is -0.792. The molecule has 0 spiro atoms. The van der Waals surface area contributed by atoms with Crippen molar-refractivity contribution < 1.29 is 19.4 Å². The van der Waals surface area contributed by atoms with Gasteiger partial charge < -0.3 is 15.6 Å². The SMILES string of the molecule is NCCCCC(=O)OCSCCCC(=O)O. The molecule has 0 aliphatic carbocycles. The van der Waals surface area contributed by atoms with E-state index in [1.54, 1.807) is 0 Å². The van der Waals surface area contributed by atoms with Gasteiger partial charge in [-0.05, 0) is 31.6 Å². The number of aliphatic carboxylic acids is 1. The molecule has 0 unspecified atom stereocenters. The number of hydrogen-bond acceptors (Lipinski definition) is 5. The number of hydrogen-bond donors (Lipinski definition) is 2. The van der Waals surface area contributed by atoms with Crippen LogP contribution in [0.3, 0.4) is 0 Å². The number of carboxylic acid groups (broad SMARTS) is 1. The van der Waals surface area contributed by atoms with Gasteiger partial charge >= 0.3 is 11.9 Å². The van der Waals surface area contributed by atoms with E-state index in [0.717, 1.165) is 12.8 Å². The highest BCUT2D eigenvalue weighted by molar-refractivity contribution is 7.99. The van der Waals surface area contributed by atoms with Crippen LogP contribution in [0, 0.1) is 0 Å². The molecule has 0 aliphatic heterocycles. The lowest BCUT2D eigenvalue weighted by atomic mass is 10.2. The summed E-state index contributed by atoms with van der Waals surface area (Å²) < 4.78 is 4.93. The molecule has 6 heteroatoms. The first-order valence-electron chi connectivity index (χ1n) is 5.32. The Hall–Kier alpha value is -0.750. The molecule has 0 heterocycles. The second kappa shape index (κ2) is 10.8. The van der Waals surface area contributed by atoms with E-state index in [0.29, 0.717) is 31.1 Å². The maximum atomic E-state index is 11.1. The lowest BCUT2D eigenvalue weighted by Gasteiger charge is -2.03. The molecule has 94 valence electrons. The molecule has 0 bridgehead atoms. The van der Waals surface area contributed by atoms with Crippen molar-refractivity contribution in [1.82, 2.24) is 0 Å². The maximum absolute atomic E-state index is 11.1. The molecule has 5 nitrogen and oxygen atoms in total. The van der Waals surface area contributed by atoms with Crippen molar-refractivity contribution in [3.63, 3.8) is 0 Å². The van der Waals surface area contributed by atoms with Gasteiger partial charge in [0.05, 0.1) is 0 Å². The summed E-state index contributed by atoms with van der Waals surface area (Å²) in [6, 6.07) is 0. The fraction of sp³-hybridized carbons (Fsp3) is 0.800. The number of rotatable bonds is 10. The molecule has 0 aromatic carbocycles. The van der Waals surface area contributed by atoms with Gasteiger partial charge in [-0.1, -0.05) is 0 Å². The molecular weight excluding hydrogens is 230 g/mol. The fourth-order valence-electron chi connectivity index (χ4n) is 0.978. The van der Waals surface area contributed by atoms with Gasteiger partial charge in [0.25, 0.3) is 0 Å². The minimum Gasteiger partial charge on any atom is -0.481 e. The molecule has 0 fully saturated rings. The Morgan fingerprint density at radius 1 is 1.19 bits per heavy atom. The van der Waals surface area contributed by atoms with E-state index in [-0.39, 0.29) is 12.4 Å². The third-order valence-electron chi connectivity index (χ3n) is 1.82. The number of carbonyl (C=O) groups is 2. The van der Waals surface area contributed by atoms with Crippen LogP contribution in [0.15, 0.2) is 0 Å². The predicted octanol–water partition coefficient (Wildman–Crippen LogP) is 1.21. The number of esters is 1. The summed E-state index contributed by atoms with van der Waals surface area (Å²) in [5.41, 5.74) is 5.29. The summed E-state index contributed by atoms with van der Waals surface area (Å²) >= 11 is 1.43. The van der Waals surface area contributed by atoms with Gasteiger partial charge in [0.15, 0.2) is 0 Å². The van der Waals surface area contributed by atoms with Crippen molar-refractivity contribution in [1.29, 1.82) is 0 Å². The highest BCUT2D eigenvalue weighted by atomic mass is 32.2. The van der Waals surface area contributed by atoms with Gasteiger partial charge in [-0.2, -0.15) is 0 Å². The second-order valence-electron chi connectivity index (χ2n) is 3.29. The quantitative estimate of drug-likeness (QED) is 0.344. The summed E-state index contributed by atoms with van der Waals surface area (Å²) in [7, 11) is 0. The van der Waals surface area contributed by atoms with E-state index < -0.39 is 5.97 Å². The van der Waals surface area contributed by atoms with Gasteiger partial charge in [0, 0.05) is 12.8 Å². The summed E-state index contributed by atoms with van der Waals surface area (Å²) in [5, 5.41) is 8.37. The largest absolute Gasteiger partial charge is 0.481 e. The first kappa shape index (κ1) is 15.2. The minimum absolute atomic E-state index is 0.164. The van der Waals surface area contributed by atoms with Gasteiger partial charge in [0.2, 0.25) is 0 Å². The summed E-state index contributed by atoms with van der Waals surface area (Å²) in [5.74, 6) is 0.00210. The molecular formula is C10H19NO4S. The van der Waals surface area contributed by atoms with Gasteiger partial charge in [-0.15, -0.1) is 11.8 Å². The summed E-state index contributed by atoms with van der Waals surface area (Å²) in [6.45, 7) is 0.594. The normalized spacial score (nSPS) is 10.1. The Morgan fingerprint density at radius 3 is 2.56 bits per heavy atom. The highest BCUT2D eigenvalue weighted by Gasteiger charge is 2.02. The maximum Gasteiger partial charge on any atom is 0.306 e. The van der Waals surface area contributed by atoms with E-state index in [1.807, 2.05) is 0 Å². The van der Waals surface area contributed by atoms with Crippen LogP contribution in [-0.4, -0.2) is 35.3 Å². The number of ether oxygens (including phenoxy) is 1. The second-order valence-corrected chi connectivity index (χ2v) is 4.34. The molecule has 0 amide bonds. The average molecular weight is 249 g/mol. The van der Waals surface area contributed by atoms with Crippen LogP contribution in [0.4, 0.5) is 0 Å². The number of unbranched alkanes of at least 4 members (excludes halogenated alkanes) is 1. The van der Waals surface area contributed by atoms with E-state index in [1.165, 1.54) is 11.8 Å². The Morgan fingerprint density at radius 2 is 1.94 bits per heavy atom. The van der Waals surface area contributed by atoms with E-state index in [4.69, 9.17) is 15.6 Å². The summed E-state index contributed by atoms with van der Waals surface area (Å²) in [4.78, 5) is 21.3. The number of thioether (sulfide) groups is 1. The zero-order valence-electron chi connectivity index (χ0n) is 9.31. The average Bonchev–Trinajstić information content (AvgIpc) is 2.23. The molecule has 0 rings (SSSR count). The standard InChI is InChI=1S/C10H19NO4S/c11-6-2-1-5-10(14)15-8-16-7-3-4-9(12)13/h1-8,11H2,(H,12,13). The third-order valence-corrected chi connectivity index (χ3v) is 2.68. The number of nitrogens with two attached hydrogens (primary N) is 1. The predicted molar refractivity (Wildman–Crippen MR) is 63.2 cm³/mol. The van der Waals surface area contributed by atoms with Crippen LogP contribution < -0.4 is 5.73 Å². The van der Waals surface area contributed by atoms with Gasteiger partial charge in [-0.3, -0.25) is 9.59 Å². The van der Waals surface area contributed by atoms with Gasteiger partial charge in [-0.25, -0.2) is 0 Å². The number of carbonyl (C=O) groups excluding carboxylic acids is 1. The van der Waals surface area contributed by atoms with Crippen LogP contribution >= 0.6 is 11.8 Å². The van der Waals surface area contributed by atoms with Crippen molar-refractivity contribution in [3.8, 4) is 0 Å². The molecule has 0 aromatic heterocycles. The molecule has 3 N–H and O–H groups in total. The van der Waals surface area contributed by atoms with Crippen LogP contribution in [0.5, 0.6) is 0 Å². The zero-order chi connectivity index (χ0) is 12.2. The summed E-state index contributed by atoms with van der Waals surface area (Å²) in [6.07, 6.45) is 2.77. The van der Waals surface area contributed by atoms with Crippen molar-refractivity contribution in [2.75, 3.05) is 18.2 Å². The molecule has 0 atom stereocenters. The molecule has 0 aliphatic rings. The van der Waals surface area contributed by atoms with Crippen LogP contribution in [0.2, 0.25) is 0 Å². The lowest BCUT2D eigenvalue weighted by Crippen LogP contribution is -2.06.